The minimum Gasteiger partial charge on any atom is -0.465 e. The molecule has 0 bridgehead atoms. The smallest absolute Gasteiger partial charge is 0.349 e. The van der Waals surface area contributed by atoms with E-state index in [4.69, 9.17) is 4.74 Å². The van der Waals surface area contributed by atoms with Crippen molar-refractivity contribution in [2.45, 2.75) is 11.8 Å². The number of hydrogen-bond donors (Lipinski definition) is 1. The van der Waals surface area contributed by atoms with E-state index >= 15 is 0 Å². The number of nitrogens with one attached hydrogen (secondary N) is 1. The van der Waals surface area contributed by atoms with Crippen molar-refractivity contribution in [1.29, 1.82) is 0 Å². The van der Waals surface area contributed by atoms with Gasteiger partial charge in [-0.05, 0) is 48.2 Å². The number of sulfonamides is 1. The number of carbonyl (C=O) groups is 1. The van der Waals surface area contributed by atoms with E-state index < -0.39 is 16.0 Å². The lowest BCUT2D eigenvalue weighted by atomic mass is 10.3. The first-order chi connectivity index (χ1) is 15.4. The van der Waals surface area contributed by atoms with E-state index in [1.807, 2.05) is 36.1 Å². The third-order valence-corrected chi connectivity index (χ3v) is 7.97. The molecular weight excluding hydrogens is 452 g/mol. The number of anilines is 3. The zero-order chi connectivity index (χ0) is 22.7. The van der Waals surface area contributed by atoms with Gasteiger partial charge in [0.2, 0.25) is 10.0 Å². The van der Waals surface area contributed by atoms with Crippen molar-refractivity contribution in [1.82, 2.24) is 19.5 Å². The topological polar surface area (TPSA) is 118 Å². The summed E-state index contributed by atoms with van der Waals surface area (Å²) in [6.07, 6.45) is 1.72. The largest absolute Gasteiger partial charge is 0.465 e. The van der Waals surface area contributed by atoms with Crippen molar-refractivity contribution in [3.05, 3.63) is 52.3 Å². The maximum absolute atomic E-state index is 13.0. The number of aryl methyl sites for hydroxylation is 1. The lowest BCUT2D eigenvalue weighted by Crippen LogP contribution is -2.49. The van der Waals surface area contributed by atoms with Gasteiger partial charge in [0.15, 0.2) is 11.6 Å². The molecule has 168 valence electrons. The lowest BCUT2D eigenvalue weighted by Gasteiger charge is -2.34. The van der Waals surface area contributed by atoms with Gasteiger partial charge in [0.05, 0.1) is 7.11 Å². The number of hydrogen-bond acceptors (Lipinski definition) is 10. The number of aromatic nitrogens is 3. The van der Waals surface area contributed by atoms with Crippen LogP contribution in [0.3, 0.4) is 0 Å². The molecule has 0 aliphatic carbocycles. The van der Waals surface area contributed by atoms with E-state index in [0.29, 0.717) is 30.5 Å². The molecule has 10 nitrogen and oxygen atoms in total. The average Bonchev–Trinajstić information content (AvgIpc) is 3.30. The fraction of sp³-hybridized carbons (Fsp3) is 0.300. The standard InChI is InChI=1S/C20H22N6O4S2/c1-14-5-7-21-17(13-14)22-16-3-4-18(24-23-16)25-8-10-26(11-9-25)32(28,29)15-6-12-31-19(15)20(27)30-2/h3-7,12-13H,8-11H2,1-2H3,(H,21,22,23). The fourth-order valence-corrected chi connectivity index (χ4v) is 6.07. The number of carbonyl (C=O) groups excluding carboxylic acids is 1. The summed E-state index contributed by atoms with van der Waals surface area (Å²) in [5, 5.41) is 13.2. The van der Waals surface area contributed by atoms with E-state index in [1.54, 1.807) is 11.6 Å². The van der Waals surface area contributed by atoms with Crippen molar-refractivity contribution in [3.63, 3.8) is 0 Å². The Bertz CT molecular complexity index is 1200. The summed E-state index contributed by atoms with van der Waals surface area (Å²) in [6.45, 7) is 3.44. The maximum Gasteiger partial charge on any atom is 0.349 e. The van der Waals surface area contributed by atoms with Crippen LogP contribution in [0.4, 0.5) is 17.5 Å². The highest BCUT2D eigenvalue weighted by atomic mass is 32.2. The Balaban J connectivity index is 1.40. The first kappa shape index (κ1) is 22.1. The Labute approximate surface area is 189 Å². The third-order valence-electron chi connectivity index (χ3n) is 5.00. The van der Waals surface area contributed by atoms with Crippen molar-refractivity contribution < 1.29 is 17.9 Å². The van der Waals surface area contributed by atoms with Crippen LogP contribution in [0.25, 0.3) is 0 Å². The molecule has 0 spiro atoms. The number of rotatable bonds is 6. The molecule has 0 amide bonds. The number of piperazine rings is 1. The van der Waals surface area contributed by atoms with Gasteiger partial charge in [-0.1, -0.05) is 0 Å². The van der Waals surface area contributed by atoms with E-state index in [1.165, 1.54) is 17.5 Å². The summed E-state index contributed by atoms with van der Waals surface area (Å²) in [5.41, 5.74) is 1.08. The van der Waals surface area contributed by atoms with Crippen LogP contribution >= 0.6 is 11.3 Å². The Hall–Kier alpha value is -3.09. The van der Waals surface area contributed by atoms with Crippen molar-refractivity contribution in [3.8, 4) is 0 Å². The van der Waals surface area contributed by atoms with Crippen LogP contribution in [0.2, 0.25) is 0 Å². The minimum atomic E-state index is -3.79. The SMILES string of the molecule is COC(=O)c1sccc1S(=O)(=O)N1CCN(c2ccc(Nc3cc(C)ccn3)nn2)CC1. The predicted octanol–water partition coefficient (Wildman–Crippen LogP) is 2.28. The molecule has 4 rings (SSSR count). The molecule has 0 aromatic carbocycles. The van der Waals surface area contributed by atoms with Crippen molar-refractivity contribution >= 4 is 44.8 Å². The maximum atomic E-state index is 13.0. The highest BCUT2D eigenvalue weighted by Gasteiger charge is 2.33. The third kappa shape index (κ3) is 4.56. The van der Waals surface area contributed by atoms with Gasteiger partial charge in [0, 0.05) is 32.4 Å². The molecule has 12 heteroatoms. The first-order valence-corrected chi connectivity index (χ1v) is 12.1. The molecule has 32 heavy (non-hydrogen) atoms. The van der Waals surface area contributed by atoms with Gasteiger partial charge < -0.3 is 15.0 Å². The Morgan fingerprint density at radius 1 is 1.09 bits per heavy atom. The summed E-state index contributed by atoms with van der Waals surface area (Å²) in [4.78, 5) is 18.2. The molecule has 1 fully saturated rings. The summed E-state index contributed by atoms with van der Waals surface area (Å²) in [7, 11) is -2.56. The second kappa shape index (κ2) is 9.18. The van der Waals surface area contributed by atoms with E-state index in [9.17, 15) is 13.2 Å². The molecule has 3 aromatic heterocycles. The van der Waals surface area contributed by atoms with Gasteiger partial charge in [0.25, 0.3) is 0 Å². The molecule has 0 unspecified atom stereocenters. The highest BCUT2D eigenvalue weighted by molar-refractivity contribution is 7.89. The number of thiophene rings is 1. The van der Waals surface area contributed by atoms with Gasteiger partial charge in [-0.15, -0.1) is 21.5 Å². The van der Waals surface area contributed by atoms with Crippen LogP contribution < -0.4 is 10.2 Å². The number of methoxy groups -OCH3 is 1. The van der Waals surface area contributed by atoms with Crippen LogP contribution in [0, 0.1) is 6.92 Å². The molecule has 0 atom stereocenters. The van der Waals surface area contributed by atoms with E-state index in [2.05, 4.69) is 20.5 Å². The molecule has 3 aromatic rings. The molecule has 1 N–H and O–H groups in total. The quantitative estimate of drug-likeness (QED) is 0.537. The summed E-state index contributed by atoms with van der Waals surface area (Å²) in [5.74, 6) is 1.27. The molecule has 0 saturated carbocycles. The summed E-state index contributed by atoms with van der Waals surface area (Å²) >= 11 is 1.05. The van der Waals surface area contributed by atoms with Crippen LogP contribution in [0.15, 0.2) is 46.8 Å². The van der Waals surface area contributed by atoms with E-state index in [0.717, 1.165) is 16.9 Å². The van der Waals surface area contributed by atoms with Crippen LogP contribution in [0.5, 0.6) is 0 Å². The second-order valence-corrected chi connectivity index (χ2v) is 9.94. The number of pyridine rings is 1. The average molecular weight is 475 g/mol. The second-order valence-electron chi connectivity index (χ2n) is 7.12. The van der Waals surface area contributed by atoms with Gasteiger partial charge >= 0.3 is 5.97 Å². The number of ether oxygens (including phenoxy) is 1. The molecular formula is C20H22N6O4S2. The van der Waals surface area contributed by atoms with Crippen LogP contribution in [-0.4, -0.2) is 67.2 Å². The van der Waals surface area contributed by atoms with Crippen molar-refractivity contribution in [2.24, 2.45) is 0 Å². The molecule has 1 aliphatic rings. The minimum absolute atomic E-state index is 0.0113. The molecule has 1 saturated heterocycles. The number of nitrogens with zero attached hydrogens (tertiary/aromatic N) is 5. The first-order valence-electron chi connectivity index (χ1n) is 9.83. The van der Waals surface area contributed by atoms with Gasteiger partial charge in [-0.25, -0.2) is 18.2 Å². The van der Waals surface area contributed by atoms with Gasteiger partial charge in [-0.3, -0.25) is 0 Å². The Morgan fingerprint density at radius 3 is 2.53 bits per heavy atom. The Morgan fingerprint density at radius 2 is 1.88 bits per heavy atom. The Kier molecular flexibility index (Phi) is 6.35. The fourth-order valence-electron chi connectivity index (χ4n) is 3.34. The van der Waals surface area contributed by atoms with Crippen LogP contribution in [-0.2, 0) is 14.8 Å². The van der Waals surface area contributed by atoms with E-state index in [-0.39, 0.29) is 22.9 Å². The summed E-state index contributed by atoms with van der Waals surface area (Å²) in [6, 6.07) is 8.91. The predicted molar refractivity (Wildman–Crippen MR) is 121 cm³/mol. The highest BCUT2D eigenvalue weighted by Crippen LogP contribution is 2.27. The molecule has 4 heterocycles. The monoisotopic (exact) mass is 474 g/mol. The summed E-state index contributed by atoms with van der Waals surface area (Å²) < 4.78 is 32.2. The zero-order valence-electron chi connectivity index (χ0n) is 17.6. The number of esters is 1. The zero-order valence-corrected chi connectivity index (χ0v) is 19.2. The normalized spacial score (nSPS) is 14.9. The van der Waals surface area contributed by atoms with Gasteiger partial charge in [-0.2, -0.15) is 4.31 Å². The lowest BCUT2D eigenvalue weighted by molar-refractivity contribution is 0.0602. The molecule has 1 aliphatic heterocycles. The van der Waals surface area contributed by atoms with Crippen molar-refractivity contribution in [2.75, 3.05) is 43.5 Å². The molecule has 0 radical (unpaired) electrons. The van der Waals surface area contributed by atoms with Gasteiger partial charge in [0.1, 0.15) is 15.6 Å². The van der Waals surface area contributed by atoms with Crippen LogP contribution in [0.1, 0.15) is 15.2 Å².